The summed E-state index contributed by atoms with van der Waals surface area (Å²) in [6.45, 7) is 9.72. The first-order valence-electron chi connectivity index (χ1n) is 7.18. The molecule has 0 unspecified atom stereocenters. The fourth-order valence-electron chi connectivity index (χ4n) is 1.78. The molecule has 0 radical (unpaired) electrons. The van der Waals surface area contributed by atoms with E-state index in [2.05, 4.69) is 28.8 Å². The van der Waals surface area contributed by atoms with Crippen molar-refractivity contribution in [3.8, 4) is 0 Å². The van der Waals surface area contributed by atoms with Crippen LogP contribution in [0.5, 0.6) is 0 Å². The molecule has 4 heteroatoms. The third kappa shape index (κ3) is 6.57. The molecule has 20 heavy (non-hydrogen) atoms. The Hall–Kier alpha value is -1.55. The molecule has 2 N–H and O–H groups in total. The van der Waals surface area contributed by atoms with Gasteiger partial charge >= 0.3 is 0 Å². The summed E-state index contributed by atoms with van der Waals surface area (Å²) >= 11 is 0. The topological polar surface area (TPSA) is 50.4 Å². The predicted octanol–water partition coefficient (Wildman–Crippen LogP) is 2.65. The zero-order valence-electron chi connectivity index (χ0n) is 13.0. The molecule has 0 heterocycles. The Labute approximate surface area is 121 Å². The van der Waals surface area contributed by atoms with Gasteiger partial charge in [0.1, 0.15) is 0 Å². The van der Waals surface area contributed by atoms with Gasteiger partial charge in [0.15, 0.2) is 0 Å². The SMILES string of the molecule is Cc1ccc(C)c(NCC(=O)NCCCOC(C)C)c1. The highest BCUT2D eigenvalue weighted by Crippen LogP contribution is 2.15. The molecule has 0 aliphatic rings. The summed E-state index contributed by atoms with van der Waals surface area (Å²) in [6, 6.07) is 6.17. The summed E-state index contributed by atoms with van der Waals surface area (Å²) in [5.74, 6) is 0.00968. The standard InChI is InChI=1S/C16H26N2O2/c1-12(2)20-9-5-8-17-16(19)11-18-15-10-13(3)6-7-14(15)4/h6-7,10,12,18H,5,8-9,11H2,1-4H3,(H,17,19). The number of aryl methyl sites for hydroxylation is 2. The van der Waals surface area contributed by atoms with Gasteiger partial charge < -0.3 is 15.4 Å². The van der Waals surface area contributed by atoms with Gasteiger partial charge in [-0.1, -0.05) is 12.1 Å². The third-order valence-corrected chi connectivity index (χ3v) is 2.93. The van der Waals surface area contributed by atoms with E-state index in [9.17, 15) is 4.79 Å². The number of nitrogens with one attached hydrogen (secondary N) is 2. The second kappa shape index (κ2) is 8.59. The van der Waals surface area contributed by atoms with Crippen LogP contribution in [0.3, 0.4) is 0 Å². The first kappa shape index (κ1) is 16.5. The monoisotopic (exact) mass is 278 g/mol. The van der Waals surface area contributed by atoms with Gasteiger partial charge in [0, 0.05) is 18.8 Å². The number of carbonyl (C=O) groups is 1. The van der Waals surface area contributed by atoms with Crippen molar-refractivity contribution in [2.45, 2.75) is 40.2 Å². The number of rotatable bonds is 8. The second-order valence-corrected chi connectivity index (χ2v) is 5.29. The number of amides is 1. The molecule has 0 saturated heterocycles. The van der Waals surface area contributed by atoms with Crippen molar-refractivity contribution in [2.24, 2.45) is 0 Å². The van der Waals surface area contributed by atoms with E-state index < -0.39 is 0 Å². The Morgan fingerprint density at radius 2 is 2.05 bits per heavy atom. The van der Waals surface area contributed by atoms with Crippen LogP contribution in [-0.2, 0) is 9.53 Å². The predicted molar refractivity (Wildman–Crippen MR) is 83.1 cm³/mol. The minimum absolute atomic E-state index is 0.00968. The van der Waals surface area contributed by atoms with Crippen LogP contribution in [0.1, 0.15) is 31.4 Å². The minimum Gasteiger partial charge on any atom is -0.379 e. The van der Waals surface area contributed by atoms with Crippen LogP contribution >= 0.6 is 0 Å². The molecule has 0 fully saturated rings. The van der Waals surface area contributed by atoms with Crippen LogP contribution in [0.15, 0.2) is 18.2 Å². The smallest absolute Gasteiger partial charge is 0.239 e. The lowest BCUT2D eigenvalue weighted by Gasteiger charge is -2.11. The summed E-state index contributed by atoms with van der Waals surface area (Å²) in [7, 11) is 0. The van der Waals surface area contributed by atoms with Gasteiger partial charge in [0.05, 0.1) is 12.6 Å². The average molecular weight is 278 g/mol. The summed E-state index contributed by atoms with van der Waals surface area (Å²) in [6.07, 6.45) is 1.09. The van der Waals surface area contributed by atoms with Crippen LogP contribution < -0.4 is 10.6 Å². The highest BCUT2D eigenvalue weighted by atomic mass is 16.5. The Morgan fingerprint density at radius 1 is 1.30 bits per heavy atom. The van der Waals surface area contributed by atoms with Crippen molar-refractivity contribution in [1.29, 1.82) is 0 Å². The molecule has 0 aromatic heterocycles. The Bertz CT molecular complexity index is 430. The largest absolute Gasteiger partial charge is 0.379 e. The molecule has 1 amide bonds. The van der Waals surface area contributed by atoms with Crippen LogP contribution in [0.25, 0.3) is 0 Å². The van der Waals surface area contributed by atoms with Crippen molar-refractivity contribution in [1.82, 2.24) is 5.32 Å². The van der Waals surface area contributed by atoms with E-state index >= 15 is 0 Å². The molecule has 0 aliphatic heterocycles. The van der Waals surface area contributed by atoms with Crippen molar-refractivity contribution in [2.75, 3.05) is 25.0 Å². The maximum Gasteiger partial charge on any atom is 0.239 e. The van der Waals surface area contributed by atoms with E-state index in [0.717, 1.165) is 17.7 Å². The van der Waals surface area contributed by atoms with Crippen molar-refractivity contribution in [3.63, 3.8) is 0 Å². The maximum atomic E-state index is 11.7. The van der Waals surface area contributed by atoms with Gasteiger partial charge in [0.25, 0.3) is 0 Å². The quantitative estimate of drug-likeness (QED) is 0.719. The number of benzene rings is 1. The zero-order valence-corrected chi connectivity index (χ0v) is 13.0. The van der Waals surface area contributed by atoms with Gasteiger partial charge in [-0.05, 0) is 51.3 Å². The molecule has 1 rings (SSSR count). The molecule has 1 aromatic carbocycles. The zero-order chi connectivity index (χ0) is 15.0. The summed E-state index contributed by atoms with van der Waals surface area (Å²) < 4.78 is 5.41. The third-order valence-electron chi connectivity index (χ3n) is 2.93. The van der Waals surface area contributed by atoms with E-state index in [-0.39, 0.29) is 12.0 Å². The molecule has 0 bridgehead atoms. The Morgan fingerprint density at radius 3 is 2.75 bits per heavy atom. The van der Waals surface area contributed by atoms with Crippen LogP contribution in [0, 0.1) is 13.8 Å². The van der Waals surface area contributed by atoms with E-state index in [4.69, 9.17) is 4.74 Å². The Kier molecular flexibility index (Phi) is 7.09. The van der Waals surface area contributed by atoms with E-state index in [1.165, 1.54) is 5.56 Å². The number of hydrogen-bond acceptors (Lipinski definition) is 3. The minimum atomic E-state index is 0.00968. The number of hydrogen-bond donors (Lipinski definition) is 2. The lowest BCUT2D eigenvalue weighted by molar-refractivity contribution is -0.119. The lowest BCUT2D eigenvalue weighted by atomic mass is 10.1. The highest BCUT2D eigenvalue weighted by molar-refractivity contribution is 5.80. The summed E-state index contributed by atoms with van der Waals surface area (Å²) in [5, 5.41) is 6.05. The van der Waals surface area contributed by atoms with Crippen molar-refractivity contribution < 1.29 is 9.53 Å². The average Bonchev–Trinajstić information content (AvgIpc) is 2.39. The first-order chi connectivity index (χ1) is 9.49. The fraction of sp³-hybridized carbons (Fsp3) is 0.562. The lowest BCUT2D eigenvalue weighted by Crippen LogP contribution is -2.31. The van der Waals surface area contributed by atoms with Crippen LogP contribution in [0.4, 0.5) is 5.69 Å². The van der Waals surface area contributed by atoms with Crippen molar-refractivity contribution in [3.05, 3.63) is 29.3 Å². The molecule has 4 nitrogen and oxygen atoms in total. The molecular weight excluding hydrogens is 252 g/mol. The second-order valence-electron chi connectivity index (χ2n) is 5.29. The molecule has 0 atom stereocenters. The molecule has 112 valence electrons. The summed E-state index contributed by atoms with van der Waals surface area (Å²) in [5.41, 5.74) is 3.35. The maximum absolute atomic E-state index is 11.7. The highest BCUT2D eigenvalue weighted by Gasteiger charge is 2.03. The van der Waals surface area contributed by atoms with E-state index in [0.29, 0.717) is 19.7 Å². The van der Waals surface area contributed by atoms with Crippen LogP contribution in [-0.4, -0.2) is 31.7 Å². The molecular formula is C16H26N2O2. The van der Waals surface area contributed by atoms with E-state index in [1.54, 1.807) is 0 Å². The normalized spacial score (nSPS) is 10.7. The number of ether oxygens (including phenoxy) is 1. The molecule has 0 saturated carbocycles. The first-order valence-corrected chi connectivity index (χ1v) is 7.18. The van der Waals surface area contributed by atoms with E-state index in [1.807, 2.05) is 27.7 Å². The van der Waals surface area contributed by atoms with Gasteiger partial charge in [-0.15, -0.1) is 0 Å². The van der Waals surface area contributed by atoms with Crippen molar-refractivity contribution >= 4 is 11.6 Å². The van der Waals surface area contributed by atoms with Gasteiger partial charge in [-0.25, -0.2) is 0 Å². The van der Waals surface area contributed by atoms with Gasteiger partial charge in [-0.3, -0.25) is 4.79 Å². The van der Waals surface area contributed by atoms with Crippen LogP contribution in [0.2, 0.25) is 0 Å². The molecule has 1 aromatic rings. The summed E-state index contributed by atoms with van der Waals surface area (Å²) in [4.78, 5) is 11.7. The molecule has 0 aliphatic carbocycles. The Balaban J connectivity index is 2.21. The number of anilines is 1. The molecule has 0 spiro atoms. The van der Waals surface area contributed by atoms with Gasteiger partial charge in [-0.2, -0.15) is 0 Å². The number of carbonyl (C=O) groups excluding carboxylic acids is 1. The fourth-order valence-corrected chi connectivity index (χ4v) is 1.78. The van der Waals surface area contributed by atoms with Gasteiger partial charge in [0.2, 0.25) is 5.91 Å².